The Hall–Kier alpha value is -4.37. The molecule has 1 N–H and O–H groups in total. The van der Waals surface area contributed by atoms with Crippen LogP contribution in [-0.4, -0.2) is 77.9 Å². The van der Waals surface area contributed by atoms with E-state index < -0.39 is 18.1 Å². The van der Waals surface area contributed by atoms with Crippen molar-refractivity contribution in [1.29, 1.82) is 5.26 Å². The summed E-state index contributed by atoms with van der Waals surface area (Å²) in [6, 6.07) is 11.7. The number of carbonyl (C=O) groups excluding carboxylic acids is 1. The summed E-state index contributed by atoms with van der Waals surface area (Å²) < 4.78 is 39.8. The average molecular weight is 522 g/mol. The Kier molecular flexibility index (Phi) is 7.55. The molecule has 0 spiro atoms. The fraction of sp³-hybridized carbons (Fsp3) is 0.346. The van der Waals surface area contributed by atoms with Gasteiger partial charge in [0.15, 0.2) is 12.0 Å². The second-order valence-electron chi connectivity index (χ2n) is 8.91. The number of rotatable bonds is 7. The molecule has 1 aromatic heterocycles. The number of nitriles is 1. The molecule has 2 aromatic carbocycles. The molecule has 12 heteroatoms. The Morgan fingerprint density at radius 3 is 2.74 bits per heavy atom. The van der Waals surface area contributed by atoms with Gasteiger partial charge in [0, 0.05) is 43.9 Å². The highest BCUT2D eigenvalue weighted by Gasteiger charge is 2.28. The van der Waals surface area contributed by atoms with Gasteiger partial charge in [-0.2, -0.15) is 10.2 Å². The van der Waals surface area contributed by atoms with Gasteiger partial charge in [0.2, 0.25) is 12.4 Å². The summed E-state index contributed by atoms with van der Waals surface area (Å²) in [7, 11) is 0. The highest BCUT2D eigenvalue weighted by molar-refractivity contribution is 5.64. The van der Waals surface area contributed by atoms with Gasteiger partial charge in [-0.15, -0.1) is 0 Å². The fourth-order valence-electron chi connectivity index (χ4n) is 4.37. The van der Waals surface area contributed by atoms with E-state index in [1.807, 2.05) is 4.90 Å². The van der Waals surface area contributed by atoms with Crippen LogP contribution in [0.2, 0.25) is 0 Å². The molecular formula is C26H25F2N7O3. The first-order valence-corrected chi connectivity index (χ1v) is 12.2. The minimum atomic E-state index is -1.27. The zero-order valence-corrected chi connectivity index (χ0v) is 20.4. The summed E-state index contributed by atoms with van der Waals surface area (Å²) in [4.78, 5) is 27.2. The highest BCUT2D eigenvalue weighted by atomic mass is 19.1. The number of nitrogens with one attached hydrogen (secondary N) is 1. The third kappa shape index (κ3) is 5.63. The molecule has 2 aliphatic heterocycles. The molecule has 0 saturated carbocycles. The molecule has 1 amide bonds. The van der Waals surface area contributed by atoms with Gasteiger partial charge in [-0.25, -0.2) is 18.7 Å². The zero-order chi connectivity index (χ0) is 26.5. The van der Waals surface area contributed by atoms with E-state index in [4.69, 9.17) is 9.47 Å². The maximum atomic E-state index is 14.9. The number of anilines is 3. The van der Waals surface area contributed by atoms with Crippen molar-refractivity contribution in [1.82, 2.24) is 19.9 Å². The van der Waals surface area contributed by atoms with Crippen LogP contribution in [-0.2, 0) is 9.53 Å². The van der Waals surface area contributed by atoms with Crippen LogP contribution in [0, 0.1) is 17.1 Å². The van der Waals surface area contributed by atoms with E-state index in [1.165, 1.54) is 12.4 Å². The van der Waals surface area contributed by atoms with Gasteiger partial charge in [-0.3, -0.25) is 4.79 Å². The third-order valence-corrected chi connectivity index (χ3v) is 6.44. The lowest BCUT2D eigenvalue weighted by atomic mass is 10.1. The highest BCUT2D eigenvalue weighted by Crippen LogP contribution is 2.29. The van der Waals surface area contributed by atoms with Crippen molar-refractivity contribution in [2.45, 2.75) is 18.7 Å². The van der Waals surface area contributed by atoms with Gasteiger partial charge in [0.25, 0.3) is 0 Å². The van der Waals surface area contributed by atoms with Gasteiger partial charge in [0.05, 0.1) is 24.5 Å². The SMILES string of the molecule is N#Cc1cc(-c2ncnc(Nc3ccc(N4CCN(C=O)CC4)c(F)c3)n2)ccc1OC1CCOC[C@@H]1F. The molecule has 3 heterocycles. The standard InChI is InChI=1S/C26H25F2N7O3/c27-20-12-19(2-3-22(20)35-8-6-34(16-36)7-9-35)32-26-31-15-30-25(33-26)17-1-4-23(18(11-17)13-29)38-24-5-10-37-14-21(24)28/h1-4,11-12,15-16,21,24H,5-10,14H2,(H,30,31,32,33)/t21-,24?/m0/s1. The van der Waals surface area contributed by atoms with Gasteiger partial charge in [-0.1, -0.05) is 0 Å². The minimum absolute atomic E-state index is 0.0315. The Labute approximate surface area is 217 Å². The molecule has 0 aliphatic carbocycles. The van der Waals surface area contributed by atoms with Crippen LogP contribution in [0.15, 0.2) is 42.7 Å². The van der Waals surface area contributed by atoms with Crippen LogP contribution in [0.4, 0.5) is 26.1 Å². The number of carbonyl (C=O) groups is 1. The second-order valence-corrected chi connectivity index (χ2v) is 8.91. The number of halogens is 2. The molecule has 2 fully saturated rings. The van der Waals surface area contributed by atoms with Crippen molar-refractivity contribution in [2.24, 2.45) is 0 Å². The maximum Gasteiger partial charge on any atom is 0.230 e. The minimum Gasteiger partial charge on any atom is -0.486 e. The predicted molar refractivity (Wildman–Crippen MR) is 134 cm³/mol. The number of hydrogen-bond donors (Lipinski definition) is 1. The number of benzene rings is 2. The number of amides is 1. The van der Waals surface area contributed by atoms with Crippen molar-refractivity contribution in [3.05, 3.63) is 54.1 Å². The molecule has 2 atom stereocenters. The fourth-order valence-corrected chi connectivity index (χ4v) is 4.37. The molecule has 10 nitrogen and oxygen atoms in total. The van der Waals surface area contributed by atoms with Gasteiger partial charge in [-0.05, 0) is 36.4 Å². The van der Waals surface area contributed by atoms with Crippen LogP contribution >= 0.6 is 0 Å². The monoisotopic (exact) mass is 521 g/mol. The molecule has 0 bridgehead atoms. The quantitative estimate of drug-likeness (QED) is 0.468. The van der Waals surface area contributed by atoms with E-state index in [1.54, 1.807) is 35.2 Å². The molecule has 38 heavy (non-hydrogen) atoms. The van der Waals surface area contributed by atoms with Crippen molar-refractivity contribution in [3.63, 3.8) is 0 Å². The normalized spacial score (nSPS) is 19.5. The summed E-state index contributed by atoms with van der Waals surface area (Å²) in [6.07, 6.45) is 0.574. The summed E-state index contributed by atoms with van der Waals surface area (Å²) in [6.45, 7) is 2.56. The number of piperazine rings is 1. The Bertz CT molecular complexity index is 1340. The van der Waals surface area contributed by atoms with Crippen LogP contribution in [0.5, 0.6) is 5.75 Å². The lowest BCUT2D eigenvalue weighted by molar-refractivity contribution is -0.118. The smallest absolute Gasteiger partial charge is 0.230 e. The van der Waals surface area contributed by atoms with E-state index >= 15 is 0 Å². The first kappa shape index (κ1) is 25.3. The van der Waals surface area contributed by atoms with Crippen molar-refractivity contribution in [3.8, 4) is 23.2 Å². The molecule has 1 unspecified atom stereocenters. The second kappa shape index (κ2) is 11.4. The molecule has 2 saturated heterocycles. The first-order valence-electron chi connectivity index (χ1n) is 12.2. The largest absolute Gasteiger partial charge is 0.486 e. The van der Waals surface area contributed by atoms with Gasteiger partial charge in [0.1, 0.15) is 30.1 Å². The summed E-state index contributed by atoms with van der Waals surface area (Å²) in [5.41, 5.74) is 1.68. The topological polar surface area (TPSA) is 117 Å². The Morgan fingerprint density at radius 2 is 2.00 bits per heavy atom. The van der Waals surface area contributed by atoms with Crippen molar-refractivity contribution >= 4 is 23.7 Å². The van der Waals surface area contributed by atoms with E-state index in [0.717, 1.165) is 6.41 Å². The molecule has 3 aromatic rings. The number of hydrogen-bond acceptors (Lipinski definition) is 9. The number of aromatic nitrogens is 3. The Morgan fingerprint density at radius 1 is 1.16 bits per heavy atom. The Balaban J connectivity index is 1.29. The maximum absolute atomic E-state index is 14.9. The van der Waals surface area contributed by atoms with Gasteiger partial charge < -0.3 is 24.6 Å². The molecular weight excluding hydrogens is 496 g/mol. The van der Waals surface area contributed by atoms with Crippen LogP contribution in [0.3, 0.4) is 0 Å². The lowest BCUT2D eigenvalue weighted by Gasteiger charge is -2.34. The summed E-state index contributed by atoms with van der Waals surface area (Å²) in [5, 5.41) is 12.6. The zero-order valence-electron chi connectivity index (χ0n) is 20.4. The summed E-state index contributed by atoms with van der Waals surface area (Å²) in [5.74, 6) is 0.368. The first-order chi connectivity index (χ1) is 18.5. The molecule has 196 valence electrons. The average Bonchev–Trinajstić information content (AvgIpc) is 2.95. The van der Waals surface area contributed by atoms with E-state index in [0.29, 0.717) is 62.0 Å². The van der Waals surface area contributed by atoms with E-state index in [9.17, 15) is 18.8 Å². The third-order valence-electron chi connectivity index (χ3n) is 6.44. The van der Waals surface area contributed by atoms with E-state index in [-0.39, 0.29) is 23.9 Å². The number of ether oxygens (including phenoxy) is 2. The summed E-state index contributed by atoms with van der Waals surface area (Å²) >= 11 is 0. The number of alkyl halides is 1. The lowest BCUT2D eigenvalue weighted by Crippen LogP contribution is -2.46. The van der Waals surface area contributed by atoms with Crippen LogP contribution in [0.1, 0.15) is 12.0 Å². The van der Waals surface area contributed by atoms with E-state index in [2.05, 4.69) is 26.3 Å². The predicted octanol–water partition coefficient (Wildman–Crippen LogP) is 3.08. The van der Waals surface area contributed by atoms with Crippen molar-refractivity contribution in [2.75, 3.05) is 49.6 Å². The van der Waals surface area contributed by atoms with Gasteiger partial charge >= 0.3 is 0 Å². The van der Waals surface area contributed by atoms with Crippen molar-refractivity contribution < 1.29 is 23.0 Å². The molecule has 5 rings (SSSR count). The molecule has 2 aliphatic rings. The molecule has 0 radical (unpaired) electrons. The van der Waals surface area contributed by atoms with Crippen LogP contribution in [0.25, 0.3) is 11.4 Å². The van der Waals surface area contributed by atoms with Crippen LogP contribution < -0.4 is 15.0 Å². The number of nitrogens with zero attached hydrogens (tertiary/aromatic N) is 6.